The Balaban J connectivity index is 0.000000730. The molecule has 2 aromatic rings. The standard InChI is InChI=1S/C16H18N2O3.C2H6.CH3F/c19-15-9-17-18(14-7-2-1-6-13(14)15)10-11-4-3-5-12(8-11)16(20)21;2*1-2/h1-2,6-7,9,11-12H,3-5,8,10H2,(H,20,21);1-2H3;1H3. The number of nitrogens with zero attached hydrogens (tertiary/aromatic N) is 2. The van der Waals surface area contributed by atoms with Gasteiger partial charge >= 0.3 is 5.97 Å². The molecule has 1 heterocycles. The van der Waals surface area contributed by atoms with Crippen LogP contribution in [0.25, 0.3) is 10.9 Å². The number of halogens is 1. The molecular weight excluding hydrogens is 323 g/mol. The first-order valence-corrected chi connectivity index (χ1v) is 8.70. The predicted octanol–water partition coefficient (Wildman–Crippen LogP) is 3.90. The summed E-state index contributed by atoms with van der Waals surface area (Å²) in [6.45, 7) is 4.67. The van der Waals surface area contributed by atoms with Crippen LogP contribution < -0.4 is 5.43 Å². The normalized spacial score (nSPS) is 19.2. The van der Waals surface area contributed by atoms with E-state index in [1.54, 1.807) is 6.07 Å². The Labute approximate surface area is 147 Å². The lowest BCUT2D eigenvalue weighted by atomic mass is 9.81. The fourth-order valence-corrected chi connectivity index (χ4v) is 3.23. The summed E-state index contributed by atoms with van der Waals surface area (Å²) in [7, 11) is 0.500. The SMILES string of the molecule is CC.CF.O=C(O)C1CCCC(Cn2ncc(=O)c3ccccc32)C1. The van der Waals surface area contributed by atoms with Gasteiger partial charge < -0.3 is 5.11 Å². The van der Waals surface area contributed by atoms with E-state index in [1.807, 2.05) is 36.7 Å². The highest BCUT2D eigenvalue weighted by Crippen LogP contribution is 2.30. The number of rotatable bonds is 3. The Kier molecular flexibility index (Phi) is 8.81. The van der Waals surface area contributed by atoms with Gasteiger partial charge in [0.05, 0.1) is 24.8 Å². The second-order valence-electron chi connectivity index (χ2n) is 5.78. The average molecular weight is 350 g/mol. The third kappa shape index (κ3) is 5.37. The summed E-state index contributed by atoms with van der Waals surface area (Å²) in [6, 6.07) is 7.42. The van der Waals surface area contributed by atoms with Crippen molar-refractivity contribution in [1.29, 1.82) is 0 Å². The Bertz CT molecular complexity index is 730. The number of aromatic nitrogens is 2. The van der Waals surface area contributed by atoms with Gasteiger partial charge in [-0.15, -0.1) is 0 Å². The molecule has 0 saturated heterocycles. The van der Waals surface area contributed by atoms with E-state index in [0.29, 0.717) is 31.4 Å². The van der Waals surface area contributed by atoms with Crippen molar-refractivity contribution in [3.05, 3.63) is 40.7 Å². The zero-order chi connectivity index (χ0) is 18.8. The van der Waals surface area contributed by atoms with Crippen LogP contribution in [-0.2, 0) is 11.3 Å². The van der Waals surface area contributed by atoms with Crippen LogP contribution in [0.5, 0.6) is 0 Å². The Morgan fingerprint density at radius 2 is 1.96 bits per heavy atom. The number of fused-ring (bicyclic) bond motifs is 1. The Hall–Kier alpha value is -2.24. The number of carboxylic acid groups (broad SMARTS) is 1. The maximum absolute atomic E-state index is 11.8. The van der Waals surface area contributed by atoms with Crippen molar-refractivity contribution < 1.29 is 14.3 Å². The smallest absolute Gasteiger partial charge is 0.306 e. The molecule has 1 aromatic carbocycles. The van der Waals surface area contributed by atoms with Gasteiger partial charge in [0.25, 0.3) is 0 Å². The summed E-state index contributed by atoms with van der Waals surface area (Å²) < 4.78 is 11.3. The van der Waals surface area contributed by atoms with E-state index in [9.17, 15) is 14.0 Å². The van der Waals surface area contributed by atoms with Gasteiger partial charge in [-0.2, -0.15) is 5.10 Å². The van der Waals surface area contributed by atoms with Crippen LogP contribution in [0.15, 0.2) is 35.3 Å². The van der Waals surface area contributed by atoms with Crippen molar-refractivity contribution in [1.82, 2.24) is 9.78 Å². The molecule has 1 fully saturated rings. The third-order valence-electron chi connectivity index (χ3n) is 4.33. The maximum Gasteiger partial charge on any atom is 0.306 e. The number of carboxylic acids is 1. The van der Waals surface area contributed by atoms with Crippen molar-refractivity contribution in [2.45, 2.75) is 46.1 Å². The summed E-state index contributed by atoms with van der Waals surface area (Å²) in [4.78, 5) is 23.0. The molecule has 2 atom stereocenters. The molecule has 1 aliphatic carbocycles. The summed E-state index contributed by atoms with van der Waals surface area (Å²) in [5.74, 6) is -0.634. The minimum Gasteiger partial charge on any atom is -0.481 e. The highest BCUT2D eigenvalue weighted by molar-refractivity contribution is 5.77. The monoisotopic (exact) mass is 350 g/mol. The van der Waals surface area contributed by atoms with Crippen LogP contribution >= 0.6 is 0 Å². The topological polar surface area (TPSA) is 72.2 Å². The number of benzene rings is 1. The fourth-order valence-electron chi connectivity index (χ4n) is 3.23. The number of carbonyl (C=O) groups is 1. The van der Waals surface area contributed by atoms with E-state index in [2.05, 4.69) is 5.10 Å². The van der Waals surface area contributed by atoms with E-state index in [1.165, 1.54) is 6.20 Å². The van der Waals surface area contributed by atoms with Gasteiger partial charge in [-0.25, -0.2) is 0 Å². The highest BCUT2D eigenvalue weighted by atomic mass is 19.1. The van der Waals surface area contributed by atoms with Gasteiger partial charge in [0, 0.05) is 11.9 Å². The average Bonchev–Trinajstić information content (AvgIpc) is 2.68. The van der Waals surface area contributed by atoms with Crippen LogP contribution in [0.2, 0.25) is 0 Å². The molecule has 5 nitrogen and oxygen atoms in total. The van der Waals surface area contributed by atoms with Crippen molar-refractivity contribution in [3.63, 3.8) is 0 Å². The molecule has 0 bridgehead atoms. The van der Waals surface area contributed by atoms with Crippen LogP contribution in [0.4, 0.5) is 4.39 Å². The summed E-state index contributed by atoms with van der Waals surface area (Å²) >= 11 is 0. The molecule has 0 spiro atoms. The molecule has 138 valence electrons. The second-order valence-corrected chi connectivity index (χ2v) is 5.78. The molecule has 1 aromatic heterocycles. The first-order chi connectivity index (χ1) is 12.1. The molecule has 6 heteroatoms. The lowest BCUT2D eigenvalue weighted by molar-refractivity contribution is -0.143. The number of para-hydroxylation sites is 1. The molecule has 1 N–H and O–H groups in total. The van der Waals surface area contributed by atoms with Crippen LogP contribution in [0.1, 0.15) is 39.5 Å². The molecule has 25 heavy (non-hydrogen) atoms. The highest BCUT2D eigenvalue weighted by Gasteiger charge is 2.27. The lowest BCUT2D eigenvalue weighted by Crippen LogP contribution is -2.26. The molecule has 1 aliphatic rings. The van der Waals surface area contributed by atoms with Gasteiger partial charge in [0.1, 0.15) is 0 Å². The molecule has 0 aliphatic heterocycles. The first kappa shape index (κ1) is 20.8. The van der Waals surface area contributed by atoms with Crippen molar-refractivity contribution in [2.75, 3.05) is 7.18 Å². The Morgan fingerprint density at radius 1 is 1.28 bits per heavy atom. The fraction of sp³-hybridized carbons (Fsp3) is 0.526. The number of alkyl halides is 1. The van der Waals surface area contributed by atoms with Crippen LogP contribution in [-0.4, -0.2) is 28.0 Å². The summed E-state index contributed by atoms with van der Waals surface area (Å²) in [5.41, 5.74) is 0.747. The minimum atomic E-state index is -0.697. The van der Waals surface area contributed by atoms with E-state index in [-0.39, 0.29) is 11.3 Å². The van der Waals surface area contributed by atoms with E-state index in [4.69, 9.17) is 5.11 Å². The Morgan fingerprint density at radius 3 is 2.64 bits per heavy atom. The van der Waals surface area contributed by atoms with Crippen molar-refractivity contribution in [2.24, 2.45) is 11.8 Å². The van der Waals surface area contributed by atoms with E-state index < -0.39 is 5.97 Å². The van der Waals surface area contributed by atoms with Crippen LogP contribution in [0.3, 0.4) is 0 Å². The van der Waals surface area contributed by atoms with Gasteiger partial charge in [-0.05, 0) is 37.3 Å². The van der Waals surface area contributed by atoms with Gasteiger partial charge in [-0.3, -0.25) is 18.7 Å². The number of aliphatic carboxylic acids is 1. The van der Waals surface area contributed by atoms with E-state index in [0.717, 1.165) is 24.8 Å². The predicted molar refractivity (Wildman–Crippen MR) is 97.5 cm³/mol. The lowest BCUT2D eigenvalue weighted by Gasteiger charge is -2.27. The van der Waals surface area contributed by atoms with Gasteiger partial charge in [-0.1, -0.05) is 32.4 Å². The van der Waals surface area contributed by atoms with Crippen molar-refractivity contribution >= 4 is 16.9 Å². The van der Waals surface area contributed by atoms with Crippen molar-refractivity contribution in [3.8, 4) is 0 Å². The third-order valence-corrected chi connectivity index (χ3v) is 4.33. The van der Waals surface area contributed by atoms with Gasteiger partial charge in [0.2, 0.25) is 5.43 Å². The quantitative estimate of drug-likeness (QED) is 0.911. The van der Waals surface area contributed by atoms with E-state index >= 15 is 0 Å². The molecule has 2 unspecified atom stereocenters. The zero-order valence-electron chi connectivity index (χ0n) is 15.1. The molecular formula is C19H27FN2O3. The maximum atomic E-state index is 11.8. The summed E-state index contributed by atoms with van der Waals surface area (Å²) in [5, 5.41) is 14.1. The largest absolute Gasteiger partial charge is 0.481 e. The number of hydrogen-bond donors (Lipinski definition) is 1. The second kappa shape index (κ2) is 10.6. The van der Waals surface area contributed by atoms with Crippen LogP contribution in [0, 0.1) is 11.8 Å². The molecule has 1 saturated carbocycles. The molecule has 0 amide bonds. The first-order valence-electron chi connectivity index (χ1n) is 8.70. The molecule has 3 rings (SSSR count). The number of hydrogen-bond acceptors (Lipinski definition) is 3. The minimum absolute atomic E-state index is 0.0751. The van der Waals surface area contributed by atoms with Gasteiger partial charge in [0.15, 0.2) is 0 Å². The zero-order valence-corrected chi connectivity index (χ0v) is 15.1. The summed E-state index contributed by atoms with van der Waals surface area (Å²) in [6.07, 6.45) is 4.77. The molecule has 0 radical (unpaired) electrons.